The number of sulfonamides is 2. The fourth-order valence-corrected chi connectivity index (χ4v) is 6.23. The molecule has 0 aliphatic carbocycles. The smallest absolute Gasteiger partial charge is 0.263 e. The SMILES string of the molecule is COc1ccc(NS(=O)(=O)c2ccc(C)c(Nc3nc4ccccc4nc3NS(=O)(=O)c3cccc(C)c3)c2)cc1. The maximum absolute atomic E-state index is 13.3. The molecule has 0 bridgehead atoms. The number of para-hydroxylation sites is 2. The van der Waals surface area contributed by atoms with Crippen molar-refractivity contribution >= 4 is 54.1 Å². The first-order chi connectivity index (χ1) is 19.5. The van der Waals surface area contributed by atoms with E-state index < -0.39 is 20.0 Å². The first-order valence-corrected chi connectivity index (χ1v) is 15.4. The second-order valence-electron chi connectivity index (χ2n) is 9.27. The predicted octanol–water partition coefficient (Wildman–Crippen LogP) is 5.60. The van der Waals surface area contributed by atoms with Crippen LogP contribution in [0.5, 0.6) is 5.75 Å². The van der Waals surface area contributed by atoms with Crippen molar-refractivity contribution in [1.82, 2.24) is 9.97 Å². The highest BCUT2D eigenvalue weighted by molar-refractivity contribution is 7.93. The van der Waals surface area contributed by atoms with Crippen LogP contribution in [0.25, 0.3) is 11.0 Å². The maximum Gasteiger partial charge on any atom is 0.263 e. The Hall–Kier alpha value is -4.68. The summed E-state index contributed by atoms with van der Waals surface area (Å²) in [5, 5.41) is 3.10. The molecule has 0 saturated carbocycles. The Morgan fingerprint density at radius 2 is 1.29 bits per heavy atom. The molecule has 5 rings (SSSR count). The van der Waals surface area contributed by atoms with Gasteiger partial charge >= 0.3 is 0 Å². The van der Waals surface area contributed by atoms with Gasteiger partial charge in [-0.05, 0) is 85.6 Å². The van der Waals surface area contributed by atoms with Gasteiger partial charge in [-0.25, -0.2) is 26.8 Å². The summed E-state index contributed by atoms with van der Waals surface area (Å²) >= 11 is 0. The number of rotatable bonds is 9. The normalized spacial score (nSPS) is 11.7. The molecule has 1 aromatic heterocycles. The molecule has 0 aliphatic rings. The zero-order chi connectivity index (χ0) is 29.2. The number of nitrogens with zero attached hydrogens (tertiary/aromatic N) is 2. The van der Waals surface area contributed by atoms with Crippen LogP contribution in [0.3, 0.4) is 0 Å². The summed E-state index contributed by atoms with van der Waals surface area (Å²) in [5.41, 5.74) is 3.27. The number of anilines is 4. The van der Waals surface area contributed by atoms with E-state index in [1.54, 1.807) is 86.6 Å². The number of hydrogen-bond donors (Lipinski definition) is 3. The number of aromatic nitrogens is 2. The van der Waals surface area contributed by atoms with Gasteiger partial charge in [0.2, 0.25) is 0 Å². The monoisotopic (exact) mass is 589 g/mol. The van der Waals surface area contributed by atoms with Gasteiger partial charge in [-0.1, -0.05) is 30.3 Å². The second kappa shape index (κ2) is 11.1. The zero-order valence-corrected chi connectivity index (χ0v) is 24.0. The minimum atomic E-state index is -4.01. The lowest BCUT2D eigenvalue weighted by atomic mass is 10.2. The first-order valence-electron chi connectivity index (χ1n) is 12.4. The number of aryl methyl sites for hydroxylation is 2. The second-order valence-corrected chi connectivity index (χ2v) is 12.6. The summed E-state index contributed by atoms with van der Waals surface area (Å²) in [5.74, 6) is 0.676. The number of fused-ring (bicyclic) bond motifs is 1. The summed E-state index contributed by atoms with van der Waals surface area (Å²) < 4.78 is 63.1. The Labute approximate surface area is 238 Å². The van der Waals surface area contributed by atoms with Gasteiger partial charge in [0.25, 0.3) is 20.0 Å². The standard InChI is InChI=1S/C29H27N5O5S2/c1-19-7-6-8-23(17-19)41(37,38)34-29-28(30-25-9-4-5-10-26(25)31-29)32-27-18-24(16-11-20(27)2)40(35,36)33-21-12-14-22(39-3)15-13-21/h4-18,33H,1-3H3,(H,30,32)(H,31,34). The third kappa shape index (κ3) is 6.23. The van der Waals surface area contributed by atoms with E-state index in [-0.39, 0.29) is 21.4 Å². The minimum absolute atomic E-state index is 0.00272. The van der Waals surface area contributed by atoms with Gasteiger partial charge in [-0.3, -0.25) is 9.44 Å². The lowest BCUT2D eigenvalue weighted by Gasteiger charge is -2.16. The van der Waals surface area contributed by atoms with Crippen LogP contribution in [0.1, 0.15) is 11.1 Å². The van der Waals surface area contributed by atoms with Crippen LogP contribution >= 0.6 is 0 Å². The minimum Gasteiger partial charge on any atom is -0.497 e. The molecule has 1 heterocycles. The van der Waals surface area contributed by atoms with Crippen LogP contribution in [-0.2, 0) is 20.0 Å². The zero-order valence-electron chi connectivity index (χ0n) is 22.4. The average molecular weight is 590 g/mol. The van der Waals surface area contributed by atoms with Crippen molar-refractivity contribution in [3.63, 3.8) is 0 Å². The van der Waals surface area contributed by atoms with Crippen molar-refractivity contribution in [2.75, 3.05) is 21.9 Å². The Bertz CT molecular complexity index is 1960. The Balaban J connectivity index is 1.51. The summed E-state index contributed by atoms with van der Waals surface area (Å²) in [7, 11) is -6.44. The maximum atomic E-state index is 13.3. The summed E-state index contributed by atoms with van der Waals surface area (Å²) in [6.07, 6.45) is 0. The van der Waals surface area contributed by atoms with E-state index in [2.05, 4.69) is 24.7 Å². The molecular formula is C29H27N5O5S2. The van der Waals surface area contributed by atoms with Crippen molar-refractivity contribution in [1.29, 1.82) is 0 Å². The van der Waals surface area contributed by atoms with Crippen molar-refractivity contribution < 1.29 is 21.6 Å². The molecule has 3 N–H and O–H groups in total. The third-order valence-electron chi connectivity index (χ3n) is 6.22. The highest BCUT2D eigenvalue weighted by atomic mass is 32.2. The predicted molar refractivity (Wildman–Crippen MR) is 160 cm³/mol. The molecular weight excluding hydrogens is 562 g/mol. The summed E-state index contributed by atoms with van der Waals surface area (Å²) in [6, 6.07) is 24.6. The molecule has 10 nitrogen and oxygen atoms in total. The fourth-order valence-electron chi connectivity index (χ4n) is 4.03. The number of nitrogens with one attached hydrogen (secondary N) is 3. The largest absolute Gasteiger partial charge is 0.497 e. The Morgan fingerprint density at radius 1 is 0.659 bits per heavy atom. The summed E-state index contributed by atoms with van der Waals surface area (Å²) in [4.78, 5) is 9.20. The lowest BCUT2D eigenvalue weighted by molar-refractivity contribution is 0.415. The molecule has 0 amide bonds. The van der Waals surface area contributed by atoms with Gasteiger partial charge in [0.15, 0.2) is 11.6 Å². The van der Waals surface area contributed by atoms with E-state index in [1.807, 2.05) is 0 Å². The van der Waals surface area contributed by atoms with Gasteiger partial charge in [0, 0.05) is 11.4 Å². The third-order valence-corrected chi connectivity index (χ3v) is 8.93. The van der Waals surface area contributed by atoms with Crippen LogP contribution in [0.15, 0.2) is 101 Å². The van der Waals surface area contributed by atoms with Gasteiger partial charge in [0.05, 0.1) is 27.9 Å². The molecule has 0 spiro atoms. The quantitative estimate of drug-likeness (QED) is 0.202. The number of methoxy groups -OCH3 is 1. The molecule has 0 aliphatic heterocycles. The van der Waals surface area contributed by atoms with Crippen LogP contribution in [0.2, 0.25) is 0 Å². The molecule has 5 aromatic rings. The van der Waals surface area contributed by atoms with Crippen molar-refractivity contribution in [3.8, 4) is 5.75 Å². The molecule has 41 heavy (non-hydrogen) atoms. The van der Waals surface area contributed by atoms with Crippen LogP contribution in [0, 0.1) is 13.8 Å². The topological polar surface area (TPSA) is 139 Å². The van der Waals surface area contributed by atoms with Crippen LogP contribution < -0.4 is 19.5 Å². The van der Waals surface area contributed by atoms with Gasteiger partial charge in [-0.15, -0.1) is 0 Å². The van der Waals surface area contributed by atoms with E-state index in [1.165, 1.54) is 25.3 Å². The highest BCUT2D eigenvalue weighted by Crippen LogP contribution is 2.30. The van der Waals surface area contributed by atoms with Gasteiger partial charge < -0.3 is 10.1 Å². The molecule has 0 radical (unpaired) electrons. The molecule has 0 unspecified atom stereocenters. The molecule has 210 valence electrons. The van der Waals surface area contributed by atoms with E-state index in [0.717, 1.165) is 5.56 Å². The molecule has 0 saturated heterocycles. The lowest BCUT2D eigenvalue weighted by Crippen LogP contribution is -2.16. The van der Waals surface area contributed by atoms with Crippen LogP contribution in [0.4, 0.5) is 23.0 Å². The number of hydrogen-bond acceptors (Lipinski definition) is 8. The molecule has 0 fully saturated rings. The van der Waals surface area contributed by atoms with E-state index in [4.69, 9.17) is 4.74 Å². The number of ether oxygens (including phenoxy) is 1. The van der Waals surface area contributed by atoms with Crippen molar-refractivity contribution in [2.24, 2.45) is 0 Å². The van der Waals surface area contributed by atoms with E-state index in [0.29, 0.717) is 33.7 Å². The van der Waals surface area contributed by atoms with Gasteiger partial charge in [-0.2, -0.15) is 0 Å². The van der Waals surface area contributed by atoms with Crippen molar-refractivity contribution in [3.05, 3.63) is 102 Å². The van der Waals surface area contributed by atoms with E-state index in [9.17, 15) is 16.8 Å². The average Bonchev–Trinajstić information content (AvgIpc) is 2.94. The fraction of sp³-hybridized carbons (Fsp3) is 0.103. The number of benzene rings is 4. The van der Waals surface area contributed by atoms with Crippen LogP contribution in [-0.4, -0.2) is 33.9 Å². The molecule has 0 atom stereocenters. The van der Waals surface area contributed by atoms with Gasteiger partial charge in [0.1, 0.15) is 5.75 Å². The first kappa shape index (κ1) is 27.9. The Morgan fingerprint density at radius 3 is 1.95 bits per heavy atom. The molecule has 12 heteroatoms. The van der Waals surface area contributed by atoms with E-state index >= 15 is 0 Å². The summed E-state index contributed by atoms with van der Waals surface area (Å²) in [6.45, 7) is 3.59. The van der Waals surface area contributed by atoms with Crippen molar-refractivity contribution in [2.45, 2.75) is 23.6 Å². The highest BCUT2D eigenvalue weighted by Gasteiger charge is 2.21. The molecule has 4 aromatic carbocycles. The Kier molecular flexibility index (Phi) is 7.52.